The monoisotopic (exact) mass is 432 g/mol. The summed E-state index contributed by atoms with van der Waals surface area (Å²) in [7, 11) is 0. The maximum atomic E-state index is 12.2. The summed E-state index contributed by atoms with van der Waals surface area (Å²) >= 11 is 1.21. The number of aromatic nitrogens is 5. The van der Waals surface area contributed by atoms with Crippen molar-refractivity contribution in [1.82, 2.24) is 30.0 Å². The molecule has 31 heavy (non-hydrogen) atoms. The van der Waals surface area contributed by atoms with Crippen LogP contribution >= 0.6 is 11.8 Å². The van der Waals surface area contributed by atoms with Gasteiger partial charge >= 0.3 is 0 Å². The van der Waals surface area contributed by atoms with Crippen molar-refractivity contribution in [2.45, 2.75) is 25.2 Å². The second kappa shape index (κ2) is 8.27. The van der Waals surface area contributed by atoms with E-state index in [9.17, 15) is 4.79 Å². The van der Waals surface area contributed by atoms with Crippen LogP contribution in [0.2, 0.25) is 0 Å². The van der Waals surface area contributed by atoms with Gasteiger partial charge in [-0.2, -0.15) is 0 Å². The van der Waals surface area contributed by atoms with E-state index in [-0.39, 0.29) is 11.7 Å². The second-order valence-corrected chi connectivity index (χ2v) is 7.90. The number of imidazole rings is 1. The van der Waals surface area contributed by atoms with E-state index < -0.39 is 0 Å². The topological polar surface area (TPSA) is 102 Å². The van der Waals surface area contributed by atoms with E-state index in [0.29, 0.717) is 23.5 Å². The lowest BCUT2D eigenvalue weighted by molar-refractivity contribution is -0.118. The Morgan fingerprint density at radius 1 is 1.16 bits per heavy atom. The van der Waals surface area contributed by atoms with Gasteiger partial charge in [-0.15, -0.1) is 10.2 Å². The third-order valence-electron chi connectivity index (χ3n) is 4.97. The van der Waals surface area contributed by atoms with E-state index in [0.717, 1.165) is 34.2 Å². The van der Waals surface area contributed by atoms with Crippen molar-refractivity contribution >= 4 is 39.6 Å². The Bertz CT molecular complexity index is 1340. The number of aryl methyl sites for hydroxylation is 1. The van der Waals surface area contributed by atoms with Crippen molar-refractivity contribution in [3.8, 4) is 11.6 Å². The van der Waals surface area contributed by atoms with Gasteiger partial charge in [0.2, 0.25) is 5.91 Å². The summed E-state index contributed by atoms with van der Waals surface area (Å²) in [5, 5.41) is 12.6. The Hall–Kier alpha value is -3.59. The number of H-pyrrole nitrogens is 1. The van der Waals surface area contributed by atoms with Gasteiger partial charge < -0.3 is 19.3 Å². The zero-order valence-corrected chi connectivity index (χ0v) is 17.6. The molecule has 0 aliphatic heterocycles. The molecule has 1 amide bonds. The molecule has 8 nitrogen and oxygen atoms in total. The zero-order valence-electron chi connectivity index (χ0n) is 16.8. The fourth-order valence-corrected chi connectivity index (χ4v) is 4.14. The minimum absolute atomic E-state index is 0.132. The molecule has 9 heteroatoms. The number of carbonyl (C=O) groups is 1. The summed E-state index contributed by atoms with van der Waals surface area (Å²) in [6, 6.07) is 17.9. The van der Waals surface area contributed by atoms with Gasteiger partial charge in [0, 0.05) is 17.4 Å². The van der Waals surface area contributed by atoms with E-state index in [2.05, 4.69) is 49.1 Å². The molecule has 0 radical (unpaired) electrons. The van der Waals surface area contributed by atoms with Gasteiger partial charge in [0.1, 0.15) is 11.5 Å². The first-order valence-corrected chi connectivity index (χ1v) is 10.9. The minimum Gasteiger partial charge on any atom is -0.410 e. The third kappa shape index (κ3) is 3.91. The summed E-state index contributed by atoms with van der Waals surface area (Å²) in [5.41, 5.74) is 3.82. The summed E-state index contributed by atoms with van der Waals surface area (Å²) in [6.45, 7) is 3.20. The van der Waals surface area contributed by atoms with Crippen LogP contribution in [0.15, 0.2) is 64.2 Å². The van der Waals surface area contributed by atoms with Gasteiger partial charge in [-0.1, -0.05) is 42.1 Å². The maximum absolute atomic E-state index is 12.2. The van der Waals surface area contributed by atoms with E-state index in [4.69, 9.17) is 4.42 Å². The second-order valence-electron chi connectivity index (χ2n) is 6.97. The van der Waals surface area contributed by atoms with Gasteiger partial charge in [-0.05, 0) is 31.2 Å². The molecule has 0 aliphatic carbocycles. The summed E-state index contributed by atoms with van der Waals surface area (Å²) in [5.74, 6) is 1.21. The number of rotatable bonds is 7. The Balaban J connectivity index is 1.21. The van der Waals surface area contributed by atoms with Gasteiger partial charge in [0.25, 0.3) is 11.1 Å². The average molecular weight is 433 g/mol. The number of hydrogen-bond donors (Lipinski definition) is 2. The normalized spacial score (nSPS) is 11.4. The predicted molar refractivity (Wildman–Crippen MR) is 120 cm³/mol. The number of carbonyl (C=O) groups excluding carboxylic acids is 1. The molecule has 0 aliphatic rings. The van der Waals surface area contributed by atoms with E-state index >= 15 is 0 Å². The molecule has 0 saturated heterocycles. The highest BCUT2D eigenvalue weighted by atomic mass is 32.2. The van der Waals surface area contributed by atoms with Crippen molar-refractivity contribution in [2.24, 2.45) is 0 Å². The number of amides is 1. The number of nitrogens with zero attached hydrogens (tertiary/aromatic N) is 4. The molecular weight excluding hydrogens is 412 g/mol. The Morgan fingerprint density at radius 2 is 2.00 bits per heavy atom. The van der Waals surface area contributed by atoms with Crippen LogP contribution in [0.1, 0.15) is 12.7 Å². The molecule has 5 aromatic rings. The standard InChI is InChI=1S/C22H20N6O2S/c1-2-28-17-10-6-3-7-14(17)11-18(28)21-26-27-22(30-21)31-13-20(29)23-12-19-24-15-8-4-5-9-16(15)25-19/h3-11H,2,12-13H2,1H3,(H,23,29)(H,24,25). The van der Waals surface area contributed by atoms with Crippen LogP contribution in [0.25, 0.3) is 33.5 Å². The molecule has 0 fully saturated rings. The molecule has 0 unspecified atom stereocenters. The number of fused-ring (bicyclic) bond motifs is 2. The Morgan fingerprint density at radius 3 is 2.87 bits per heavy atom. The smallest absolute Gasteiger partial charge is 0.277 e. The number of hydrogen-bond acceptors (Lipinski definition) is 6. The first-order chi connectivity index (χ1) is 15.2. The van der Waals surface area contributed by atoms with Crippen molar-refractivity contribution in [2.75, 3.05) is 5.75 Å². The fraction of sp³-hybridized carbons (Fsp3) is 0.182. The van der Waals surface area contributed by atoms with Crippen molar-refractivity contribution < 1.29 is 9.21 Å². The zero-order chi connectivity index (χ0) is 21.2. The third-order valence-corrected chi connectivity index (χ3v) is 5.79. The predicted octanol–water partition coefficient (Wildman–Crippen LogP) is 4.00. The number of para-hydroxylation sites is 3. The molecule has 2 N–H and O–H groups in total. The lowest BCUT2D eigenvalue weighted by atomic mass is 10.2. The fourth-order valence-electron chi connectivity index (χ4n) is 3.55. The van der Waals surface area contributed by atoms with Gasteiger partial charge in [-0.25, -0.2) is 4.98 Å². The number of aromatic amines is 1. The first-order valence-electron chi connectivity index (χ1n) is 9.96. The van der Waals surface area contributed by atoms with Gasteiger partial charge in [0.05, 0.1) is 23.3 Å². The molecular formula is C22H20N6O2S. The first kappa shape index (κ1) is 19.4. The van der Waals surface area contributed by atoms with Crippen molar-refractivity contribution in [3.05, 3.63) is 60.4 Å². The molecule has 5 rings (SSSR count). The van der Waals surface area contributed by atoms with Crippen LogP contribution in [0.4, 0.5) is 0 Å². The minimum atomic E-state index is -0.132. The van der Waals surface area contributed by atoms with E-state index in [1.807, 2.05) is 42.5 Å². The highest BCUT2D eigenvalue weighted by Gasteiger charge is 2.16. The number of benzene rings is 2. The molecule has 0 saturated carbocycles. The molecule has 0 atom stereocenters. The SMILES string of the molecule is CCn1c(-c2nnc(SCC(=O)NCc3nc4ccccc4[nH]3)o2)cc2ccccc21. The summed E-state index contributed by atoms with van der Waals surface area (Å²) in [4.78, 5) is 19.9. The number of nitrogens with one attached hydrogen (secondary N) is 2. The van der Waals surface area contributed by atoms with Crippen LogP contribution in [0, 0.1) is 0 Å². The van der Waals surface area contributed by atoms with Crippen LogP contribution < -0.4 is 5.32 Å². The van der Waals surface area contributed by atoms with Crippen LogP contribution in [-0.4, -0.2) is 36.4 Å². The molecule has 3 heterocycles. The largest absolute Gasteiger partial charge is 0.410 e. The Kier molecular flexibility index (Phi) is 5.17. The lowest BCUT2D eigenvalue weighted by Gasteiger charge is -2.04. The molecule has 156 valence electrons. The van der Waals surface area contributed by atoms with Crippen LogP contribution in [0.3, 0.4) is 0 Å². The maximum Gasteiger partial charge on any atom is 0.277 e. The van der Waals surface area contributed by atoms with Gasteiger partial charge in [-0.3, -0.25) is 4.79 Å². The van der Waals surface area contributed by atoms with Crippen molar-refractivity contribution in [3.63, 3.8) is 0 Å². The molecule has 3 aromatic heterocycles. The lowest BCUT2D eigenvalue weighted by Crippen LogP contribution is -2.25. The molecule has 0 spiro atoms. The van der Waals surface area contributed by atoms with E-state index in [1.165, 1.54) is 11.8 Å². The number of thioether (sulfide) groups is 1. The molecule has 2 aromatic carbocycles. The van der Waals surface area contributed by atoms with Crippen LogP contribution in [-0.2, 0) is 17.9 Å². The highest BCUT2D eigenvalue weighted by Crippen LogP contribution is 2.29. The Labute approximate surface area is 182 Å². The quantitative estimate of drug-likeness (QED) is 0.377. The van der Waals surface area contributed by atoms with E-state index in [1.54, 1.807) is 0 Å². The van der Waals surface area contributed by atoms with Crippen LogP contribution in [0.5, 0.6) is 0 Å². The highest BCUT2D eigenvalue weighted by molar-refractivity contribution is 7.99. The summed E-state index contributed by atoms with van der Waals surface area (Å²) < 4.78 is 7.95. The average Bonchev–Trinajstić information content (AvgIpc) is 3.51. The summed E-state index contributed by atoms with van der Waals surface area (Å²) in [6.07, 6.45) is 0. The van der Waals surface area contributed by atoms with Crippen molar-refractivity contribution in [1.29, 1.82) is 0 Å². The molecule has 0 bridgehead atoms. The van der Waals surface area contributed by atoms with Gasteiger partial charge in [0.15, 0.2) is 0 Å².